The Hall–Kier alpha value is -2.34. The van der Waals surface area contributed by atoms with E-state index in [2.05, 4.69) is 10.1 Å². The summed E-state index contributed by atoms with van der Waals surface area (Å²) in [4.78, 5) is 4.45. The summed E-state index contributed by atoms with van der Waals surface area (Å²) >= 11 is 0. The molecule has 0 fully saturated rings. The Labute approximate surface area is 122 Å². The molecular weight excluding hydrogens is 270 g/mol. The molecule has 6 heteroatoms. The van der Waals surface area contributed by atoms with Crippen molar-refractivity contribution in [1.82, 2.24) is 10.1 Å². The fourth-order valence-corrected chi connectivity index (χ4v) is 2.35. The Kier molecular flexibility index (Phi) is 3.62. The van der Waals surface area contributed by atoms with E-state index < -0.39 is 0 Å². The van der Waals surface area contributed by atoms with Gasteiger partial charge in [-0.15, -0.1) is 0 Å². The Balaban J connectivity index is 1.91. The summed E-state index contributed by atoms with van der Waals surface area (Å²) in [6, 6.07) is 5.53. The average molecular weight is 287 g/mol. The summed E-state index contributed by atoms with van der Waals surface area (Å²) in [5, 5.41) is 4.03. The van der Waals surface area contributed by atoms with E-state index >= 15 is 0 Å². The van der Waals surface area contributed by atoms with Crippen LogP contribution in [-0.4, -0.2) is 30.4 Å². The third-order valence-corrected chi connectivity index (χ3v) is 3.49. The van der Waals surface area contributed by atoms with Gasteiger partial charge in [-0.2, -0.15) is 4.98 Å². The predicted octanol–water partition coefficient (Wildman–Crippen LogP) is 2.12. The number of nitrogens with zero attached hydrogens (tertiary/aromatic N) is 2. The maximum atomic E-state index is 5.85. The van der Waals surface area contributed by atoms with Crippen molar-refractivity contribution in [3.8, 4) is 22.9 Å². The second-order valence-electron chi connectivity index (χ2n) is 4.95. The van der Waals surface area contributed by atoms with E-state index in [-0.39, 0.29) is 12.0 Å². The Morgan fingerprint density at radius 3 is 2.43 bits per heavy atom. The number of hydrogen-bond acceptors (Lipinski definition) is 6. The lowest BCUT2D eigenvalue weighted by molar-refractivity contribution is 0.364. The van der Waals surface area contributed by atoms with E-state index in [1.54, 1.807) is 20.3 Å². The molecule has 0 bridgehead atoms. The Morgan fingerprint density at radius 2 is 1.86 bits per heavy atom. The summed E-state index contributed by atoms with van der Waals surface area (Å²) in [7, 11) is 3.20. The standard InChI is InChI=1S/C15H17N3O3/c1-19-12-6-10(7-13(8-12)20-2)14-17-15(21-18-14)9-3-4-11(16)5-9/h3-4,6-9,11H,5,16H2,1-2H3. The molecule has 0 amide bonds. The van der Waals surface area contributed by atoms with Crippen LogP contribution in [0.1, 0.15) is 18.2 Å². The summed E-state index contributed by atoms with van der Waals surface area (Å²) in [6.45, 7) is 0. The van der Waals surface area contributed by atoms with Crippen LogP contribution in [0.2, 0.25) is 0 Å². The monoisotopic (exact) mass is 287 g/mol. The number of aromatic nitrogens is 2. The molecule has 2 N–H and O–H groups in total. The van der Waals surface area contributed by atoms with E-state index in [1.807, 2.05) is 24.3 Å². The molecule has 110 valence electrons. The molecule has 2 atom stereocenters. The van der Waals surface area contributed by atoms with E-state index in [1.165, 1.54) is 0 Å². The average Bonchev–Trinajstić information content (AvgIpc) is 3.15. The highest BCUT2D eigenvalue weighted by atomic mass is 16.5. The van der Waals surface area contributed by atoms with Crippen molar-refractivity contribution in [2.45, 2.75) is 18.4 Å². The summed E-state index contributed by atoms with van der Waals surface area (Å²) in [6.07, 6.45) is 4.76. The minimum absolute atomic E-state index is 0.0577. The molecule has 3 rings (SSSR count). The van der Waals surface area contributed by atoms with Crippen molar-refractivity contribution in [3.63, 3.8) is 0 Å². The van der Waals surface area contributed by atoms with Gasteiger partial charge in [0.25, 0.3) is 0 Å². The molecule has 0 saturated heterocycles. The minimum Gasteiger partial charge on any atom is -0.497 e. The van der Waals surface area contributed by atoms with E-state index in [9.17, 15) is 0 Å². The molecule has 0 saturated carbocycles. The number of ether oxygens (including phenoxy) is 2. The van der Waals surface area contributed by atoms with Gasteiger partial charge in [-0.05, 0) is 18.6 Å². The third kappa shape index (κ3) is 2.75. The molecule has 2 aromatic rings. The van der Waals surface area contributed by atoms with E-state index in [0.29, 0.717) is 23.2 Å². The van der Waals surface area contributed by atoms with E-state index in [0.717, 1.165) is 12.0 Å². The zero-order chi connectivity index (χ0) is 14.8. The van der Waals surface area contributed by atoms with Crippen LogP contribution in [0.3, 0.4) is 0 Å². The van der Waals surface area contributed by atoms with Crippen molar-refractivity contribution >= 4 is 0 Å². The van der Waals surface area contributed by atoms with Gasteiger partial charge in [-0.3, -0.25) is 0 Å². The molecule has 6 nitrogen and oxygen atoms in total. The Morgan fingerprint density at radius 1 is 1.14 bits per heavy atom. The van der Waals surface area contributed by atoms with Gasteiger partial charge in [0, 0.05) is 17.7 Å². The SMILES string of the molecule is COc1cc(OC)cc(-c2noc(C3C=CC(N)C3)n2)c1. The molecule has 1 aromatic carbocycles. The highest BCUT2D eigenvalue weighted by Gasteiger charge is 2.23. The minimum atomic E-state index is 0.0577. The van der Waals surface area contributed by atoms with Crippen LogP contribution in [0.15, 0.2) is 34.9 Å². The molecular formula is C15H17N3O3. The Bertz CT molecular complexity index is 644. The lowest BCUT2D eigenvalue weighted by Gasteiger charge is -2.05. The predicted molar refractivity (Wildman–Crippen MR) is 77.3 cm³/mol. The van der Waals surface area contributed by atoms with Gasteiger partial charge < -0.3 is 19.7 Å². The summed E-state index contributed by atoms with van der Waals surface area (Å²) < 4.78 is 15.8. The lowest BCUT2D eigenvalue weighted by Crippen LogP contribution is -2.14. The number of methoxy groups -OCH3 is 2. The first-order chi connectivity index (χ1) is 10.2. The highest BCUT2D eigenvalue weighted by molar-refractivity contribution is 5.60. The molecule has 2 unspecified atom stereocenters. The highest BCUT2D eigenvalue weighted by Crippen LogP contribution is 2.31. The zero-order valence-electron chi connectivity index (χ0n) is 11.9. The van der Waals surface area contributed by atoms with Crippen molar-refractivity contribution in [3.05, 3.63) is 36.2 Å². The second-order valence-corrected chi connectivity index (χ2v) is 4.95. The summed E-state index contributed by atoms with van der Waals surface area (Å²) in [5.41, 5.74) is 6.63. The molecule has 0 radical (unpaired) electrons. The first-order valence-corrected chi connectivity index (χ1v) is 6.70. The second kappa shape index (κ2) is 5.57. The number of benzene rings is 1. The molecule has 21 heavy (non-hydrogen) atoms. The van der Waals surface area contributed by atoms with Crippen LogP contribution in [0.5, 0.6) is 11.5 Å². The summed E-state index contributed by atoms with van der Waals surface area (Å²) in [5.74, 6) is 2.54. The molecule has 1 aromatic heterocycles. The molecule has 0 aliphatic heterocycles. The van der Waals surface area contributed by atoms with Gasteiger partial charge in [0.2, 0.25) is 11.7 Å². The van der Waals surface area contributed by atoms with Crippen molar-refractivity contribution in [1.29, 1.82) is 0 Å². The largest absolute Gasteiger partial charge is 0.497 e. The van der Waals surface area contributed by atoms with Crippen LogP contribution < -0.4 is 15.2 Å². The van der Waals surface area contributed by atoms with Crippen LogP contribution in [-0.2, 0) is 0 Å². The van der Waals surface area contributed by atoms with Crippen molar-refractivity contribution in [2.24, 2.45) is 5.73 Å². The van der Waals surface area contributed by atoms with Crippen LogP contribution in [0.25, 0.3) is 11.4 Å². The number of allylic oxidation sites excluding steroid dienone is 1. The van der Waals surface area contributed by atoms with Gasteiger partial charge in [-0.25, -0.2) is 0 Å². The normalized spacial score (nSPS) is 20.7. The van der Waals surface area contributed by atoms with Gasteiger partial charge in [0.15, 0.2) is 0 Å². The quantitative estimate of drug-likeness (QED) is 0.867. The number of rotatable bonds is 4. The first kappa shape index (κ1) is 13.6. The zero-order valence-corrected chi connectivity index (χ0v) is 11.9. The lowest BCUT2D eigenvalue weighted by atomic mass is 10.1. The van der Waals surface area contributed by atoms with Crippen LogP contribution >= 0.6 is 0 Å². The van der Waals surface area contributed by atoms with Gasteiger partial charge >= 0.3 is 0 Å². The van der Waals surface area contributed by atoms with Crippen molar-refractivity contribution < 1.29 is 14.0 Å². The fraction of sp³-hybridized carbons (Fsp3) is 0.333. The maximum absolute atomic E-state index is 5.85. The van der Waals surface area contributed by atoms with Crippen LogP contribution in [0, 0.1) is 0 Å². The van der Waals surface area contributed by atoms with Gasteiger partial charge in [-0.1, -0.05) is 17.3 Å². The van der Waals surface area contributed by atoms with E-state index in [4.69, 9.17) is 19.7 Å². The van der Waals surface area contributed by atoms with Gasteiger partial charge in [0.1, 0.15) is 11.5 Å². The number of nitrogens with two attached hydrogens (primary N) is 1. The molecule has 1 aliphatic rings. The molecule has 0 spiro atoms. The maximum Gasteiger partial charge on any atom is 0.233 e. The fourth-order valence-electron chi connectivity index (χ4n) is 2.35. The van der Waals surface area contributed by atoms with Crippen LogP contribution in [0.4, 0.5) is 0 Å². The first-order valence-electron chi connectivity index (χ1n) is 6.70. The van der Waals surface area contributed by atoms with Gasteiger partial charge in [0.05, 0.1) is 20.1 Å². The number of hydrogen-bond donors (Lipinski definition) is 1. The molecule has 1 aliphatic carbocycles. The topological polar surface area (TPSA) is 83.4 Å². The van der Waals surface area contributed by atoms with Crippen molar-refractivity contribution in [2.75, 3.05) is 14.2 Å². The smallest absolute Gasteiger partial charge is 0.233 e. The molecule has 1 heterocycles. The third-order valence-electron chi connectivity index (χ3n) is 3.49.